The number of amides is 1. The molecular weight excluding hydrogens is 544 g/mol. The van der Waals surface area contributed by atoms with Crippen molar-refractivity contribution >= 4 is 50.5 Å². The van der Waals surface area contributed by atoms with Crippen molar-refractivity contribution in [2.75, 3.05) is 5.75 Å². The van der Waals surface area contributed by atoms with Gasteiger partial charge in [0.25, 0.3) is 17.2 Å². The minimum atomic E-state index is -3.81. The molecule has 200 valence electrons. The Morgan fingerprint density at radius 3 is 2.46 bits per heavy atom. The fraction of sp³-hybridized carbons (Fsp3) is 0.120. The lowest BCUT2D eigenvalue weighted by Crippen LogP contribution is -2.26. The van der Waals surface area contributed by atoms with E-state index in [-0.39, 0.29) is 28.4 Å². The van der Waals surface area contributed by atoms with Crippen LogP contribution in [0.3, 0.4) is 0 Å². The third-order valence-corrected chi connectivity index (χ3v) is 7.45. The zero-order valence-corrected chi connectivity index (χ0v) is 21.9. The Morgan fingerprint density at radius 2 is 1.79 bits per heavy atom. The van der Waals surface area contributed by atoms with Gasteiger partial charge in [-0.3, -0.25) is 24.3 Å². The number of carbonyl (C=O) groups is 1. The van der Waals surface area contributed by atoms with Crippen LogP contribution in [0.4, 0.5) is 5.69 Å². The number of hydrogen-bond acceptors (Lipinski definition) is 9. The SMILES string of the molecule is NS(=O)(=O)c1ccc(CCn2c(SCC(=O)N/N=C/c3ccc([N+](=O)[O-])cc3)nc3ccccc3c2=O)cc1. The minimum Gasteiger partial charge on any atom is -0.287 e. The average molecular weight is 567 g/mol. The molecule has 0 saturated heterocycles. The van der Waals surface area contributed by atoms with Gasteiger partial charge >= 0.3 is 0 Å². The third-order valence-electron chi connectivity index (χ3n) is 5.54. The molecule has 0 bridgehead atoms. The molecule has 0 aliphatic rings. The molecule has 1 amide bonds. The number of rotatable bonds is 10. The van der Waals surface area contributed by atoms with Gasteiger partial charge in [-0.1, -0.05) is 36.0 Å². The Labute approximate surface area is 226 Å². The number of para-hydroxylation sites is 1. The molecule has 12 nitrogen and oxygen atoms in total. The summed E-state index contributed by atoms with van der Waals surface area (Å²) in [6.07, 6.45) is 1.77. The number of benzene rings is 3. The molecule has 0 spiro atoms. The van der Waals surface area contributed by atoms with Crippen molar-refractivity contribution in [3.8, 4) is 0 Å². The number of hydrazone groups is 1. The van der Waals surface area contributed by atoms with E-state index >= 15 is 0 Å². The maximum Gasteiger partial charge on any atom is 0.269 e. The topological polar surface area (TPSA) is 180 Å². The summed E-state index contributed by atoms with van der Waals surface area (Å²) < 4.78 is 24.5. The second-order valence-electron chi connectivity index (χ2n) is 8.24. The molecule has 1 heterocycles. The molecule has 3 aromatic carbocycles. The molecule has 0 fully saturated rings. The summed E-state index contributed by atoms with van der Waals surface area (Å²) in [7, 11) is -3.81. The molecule has 0 aliphatic heterocycles. The Morgan fingerprint density at radius 1 is 1.10 bits per heavy atom. The number of nitrogens with two attached hydrogens (primary N) is 1. The highest BCUT2D eigenvalue weighted by Crippen LogP contribution is 2.19. The molecule has 39 heavy (non-hydrogen) atoms. The first-order valence-corrected chi connectivity index (χ1v) is 14.0. The lowest BCUT2D eigenvalue weighted by Gasteiger charge is -2.13. The summed E-state index contributed by atoms with van der Waals surface area (Å²) in [4.78, 5) is 40.4. The fourth-order valence-corrected chi connectivity index (χ4v) is 4.90. The number of nitro benzene ring substituents is 1. The summed E-state index contributed by atoms with van der Waals surface area (Å²) in [6.45, 7) is 0.244. The van der Waals surface area contributed by atoms with Crippen molar-refractivity contribution in [3.63, 3.8) is 0 Å². The first-order chi connectivity index (χ1) is 18.6. The zero-order chi connectivity index (χ0) is 28.0. The highest BCUT2D eigenvalue weighted by Gasteiger charge is 2.14. The Hall–Kier alpha value is -4.40. The number of fused-ring (bicyclic) bond motifs is 1. The van der Waals surface area contributed by atoms with Gasteiger partial charge in [-0.15, -0.1) is 0 Å². The number of nitro groups is 1. The van der Waals surface area contributed by atoms with E-state index in [1.54, 1.807) is 36.4 Å². The van der Waals surface area contributed by atoms with Crippen LogP contribution in [-0.4, -0.2) is 40.8 Å². The van der Waals surface area contributed by atoms with E-state index in [0.29, 0.717) is 28.0 Å². The molecule has 0 aliphatic carbocycles. The number of hydrogen-bond donors (Lipinski definition) is 2. The zero-order valence-electron chi connectivity index (χ0n) is 20.3. The molecule has 1 aromatic heterocycles. The van der Waals surface area contributed by atoms with Gasteiger partial charge in [0, 0.05) is 18.7 Å². The molecular formula is C25H22N6O6S2. The van der Waals surface area contributed by atoms with Crippen LogP contribution in [0.2, 0.25) is 0 Å². The van der Waals surface area contributed by atoms with Gasteiger partial charge in [-0.05, 0) is 53.9 Å². The highest BCUT2D eigenvalue weighted by atomic mass is 32.2. The van der Waals surface area contributed by atoms with Gasteiger partial charge in [0.2, 0.25) is 10.0 Å². The first kappa shape index (κ1) is 27.6. The lowest BCUT2D eigenvalue weighted by atomic mass is 10.1. The van der Waals surface area contributed by atoms with Gasteiger partial charge < -0.3 is 0 Å². The molecule has 0 atom stereocenters. The Kier molecular flexibility index (Phi) is 8.49. The molecule has 4 aromatic rings. The van der Waals surface area contributed by atoms with E-state index < -0.39 is 20.9 Å². The van der Waals surface area contributed by atoms with Crippen molar-refractivity contribution < 1.29 is 18.1 Å². The van der Waals surface area contributed by atoms with Crippen LogP contribution < -0.4 is 16.1 Å². The van der Waals surface area contributed by atoms with Crippen LogP contribution in [-0.2, 0) is 27.8 Å². The summed E-state index contributed by atoms with van der Waals surface area (Å²) >= 11 is 1.07. The van der Waals surface area contributed by atoms with Crippen LogP contribution in [0.5, 0.6) is 0 Å². The van der Waals surface area contributed by atoms with E-state index in [1.807, 2.05) is 0 Å². The molecule has 14 heteroatoms. The second-order valence-corrected chi connectivity index (χ2v) is 10.7. The normalized spacial score (nSPS) is 11.6. The quantitative estimate of drug-likeness (QED) is 0.0965. The average Bonchev–Trinajstić information content (AvgIpc) is 2.91. The van der Waals surface area contributed by atoms with Crippen molar-refractivity contribution in [1.82, 2.24) is 15.0 Å². The van der Waals surface area contributed by atoms with Crippen LogP contribution in [0.25, 0.3) is 10.9 Å². The van der Waals surface area contributed by atoms with Gasteiger partial charge in [-0.25, -0.2) is 24.0 Å². The van der Waals surface area contributed by atoms with Crippen LogP contribution in [0, 0.1) is 10.1 Å². The number of non-ortho nitro benzene ring substituents is 1. The summed E-state index contributed by atoms with van der Waals surface area (Å²) in [5.74, 6) is -0.517. The maximum atomic E-state index is 13.2. The van der Waals surface area contributed by atoms with E-state index in [1.165, 1.54) is 47.2 Å². The number of nitrogens with zero attached hydrogens (tertiary/aromatic N) is 4. The Bertz CT molecular complexity index is 1720. The number of carbonyl (C=O) groups excluding carboxylic acids is 1. The number of nitrogens with one attached hydrogen (secondary N) is 1. The second kappa shape index (κ2) is 12.0. The number of primary sulfonamides is 1. The van der Waals surface area contributed by atoms with Crippen LogP contribution in [0.15, 0.2) is 92.7 Å². The smallest absolute Gasteiger partial charge is 0.269 e. The number of sulfonamides is 1. The monoisotopic (exact) mass is 566 g/mol. The van der Waals surface area contributed by atoms with Gasteiger partial charge in [0.1, 0.15) is 0 Å². The van der Waals surface area contributed by atoms with Gasteiger partial charge in [0.05, 0.1) is 32.7 Å². The predicted molar refractivity (Wildman–Crippen MR) is 147 cm³/mol. The summed E-state index contributed by atoms with van der Waals surface area (Å²) in [5, 5.41) is 20.5. The first-order valence-electron chi connectivity index (χ1n) is 11.4. The van der Waals surface area contributed by atoms with Crippen molar-refractivity contribution in [2.24, 2.45) is 10.2 Å². The van der Waals surface area contributed by atoms with Crippen molar-refractivity contribution in [1.29, 1.82) is 0 Å². The largest absolute Gasteiger partial charge is 0.287 e. The van der Waals surface area contributed by atoms with Crippen molar-refractivity contribution in [3.05, 3.63) is 104 Å². The molecule has 0 unspecified atom stereocenters. The maximum absolute atomic E-state index is 13.2. The number of thioether (sulfide) groups is 1. The van der Waals surface area contributed by atoms with Crippen LogP contribution in [0.1, 0.15) is 11.1 Å². The highest BCUT2D eigenvalue weighted by molar-refractivity contribution is 7.99. The Balaban J connectivity index is 1.46. The fourth-order valence-electron chi connectivity index (χ4n) is 3.57. The van der Waals surface area contributed by atoms with E-state index in [0.717, 1.165) is 17.3 Å². The standard InChI is InChI=1S/C25H22N6O6S2/c26-39(36,37)20-11-7-17(8-12-20)13-14-30-24(33)21-3-1-2-4-22(21)28-25(30)38-16-23(32)29-27-15-18-5-9-19(10-6-18)31(34)35/h1-12,15H,13-14,16H2,(H,29,32)(H2,26,36,37)/b27-15+. The van der Waals surface area contributed by atoms with E-state index in [4.69, 9.17) is 5.14 Å². The third kappa shape index (κ3) is 7.13. The lowest BCUT2D eigenvalue weighted by molar-refractivity contribution is -0.384. The minimum absolute atomic E-state index is 0.00529. The van der Waals surface area contributed by atoms with E-state index in [2.05, 4.69) is 15.5 Å². The molecule has 0 saturated carbocycles. The van der Waals surface area contributed by atoms with Crippen LogP contribution >= 0.6 is 11.8 Å². The molecule has 3 N–H and O–H groups in total. The molecule has 0 radical (unpaired) electrons. The summed E-state index contributed by atoms with van der Waals surface area (Å²) in [5.41, 5.74) is 3.92. The van der Waals surface area contributed by atoms with Gasteiger partial charge in [-0.2, -0.15) is 5.10 Å². The summed E-state index contributed by atoms with van der Waals surface area (Å²) in [6, 6.07) is 18.6. The predicted octanol–water partition coefficient (Wildman–Crippen LogP) is 2.44. The number of aromatic nitrogens is 2. The number of aryl methyl sites for hydroxylation is 1. The van der Waals surface area contributed by atoms with Gasteiger partial charge in [0.15, 0.2) is 5.16 Å². The van der Waals surface area contributed by atoms with Crippen molar-refractivity contribution in [2.45, 2.75) is 23.0 Å². The molecule has 4 rings (SSSR count). The van der Waals surface area contributed by atoms with E-state index in [9.17, 15) is 28.1 Å².